The van der Waals surface area contributed by atoms with Crippen molar-refractivity contribution in [3.05, 3.63) is 41.3 Å². The minimum atomic E-state index is -0.681. The molecule has 3 rings (SSSR count). The molecule has 27 heavy (non-hydrogen) atoms. The third-order valence-electron chi connectivity index (χ3n) is 3.43. The Kier molecular flexibility index (Phi) is 6.15. The van der Waals surface area contributed by atoms with Gasteiger partial charge in [-0.25, -0.2) is 14.6 Å². The van der Waals surface area contributed by atoms with Gasteiger partial charge in [-0.2, -0.15) is 0 Å². The number of urea groups is 1. The zero-order chi connectivity index (χ0) is 19.2. The molecule has 2 aromatic heterocycles. The lowest BCUT2D eigenvalue weighted by molar-refractivity contribution is -0.123. The summed E-state index contributed by atoms with van der Waals surface area (Å²) >= 11 is 2.79. The second-order valence-electron chi connectivity index (χ2n) is 5.53. The maximum atomic E-state index is 12.1. The Labute approximate surface area is 163 Å². The van der Waals surface area contributed by atoms with Crippen molar-refractivity contribution in [3.63, 3.8) is 0 Å². The van der Waals surface area contributed by atoms with Crippen LogP contribution in [0.3, 0.4) is 0 Å². The maximum absolute atomic E-state index is 12.1. The first kappa shape index (κ1) is 19.0. The molecule has 0 unspecified atom stereocenters. The zero-order valence-electron chi connectivity index (χ0n) is 14.5. The van der Waals surface area contributed by atoms with Crippen LogP contribution in [-0.2, 0) is 9.53 Å². The molecule has 0 saturated heterocycles. The summed E-state index contributed by atoms with van der Waals surface area (Å²) in [5.74, 6) is -1.30. The van der Waals surface area contributed by atoms with E-state index in [9.17, 15) is 14.4 Å². The van der Waals surface area contributed by atoms with Crippen molar-refractivity contribution < 1.29 is 19.1 Å². The number of para-hydroxylation sites is 1. The van der Waals surface area contributed by atoms with Gasteiger partial charge in [-0.1, -0.05) is 19.1 Å². The summed E-state index contributed by atoms with van der Waals surface area (Å²) in [6.07, 6.45) is 0.756. The number of hydrogen-bond acceptors (Lipinski definition) is 7. The Bertz CT molecular complexity index is 947. The van der Waals surface area contributed by atoms with E-state index >= 15 is 0 Å². The van der Waals surface area contributed by atoms with Crippen molar-refractivity contribution >= 4 is 50.8 Å². The van der Waals surface area contributed by atoms with Gasteiger partial charge in [-0.3, -0.25) is 10.1 Å². The standard InChI is InChI=1S/C18H17N3O4S2/c1-2-9-19-18(24)21-15(22)10-25-17(23)14-8-7-13(26-14)16-20-11-5-3-4-6-12(11)27-16/h3-8H,2,9-10H2,1H3,(H2,19,21,22,24). The molecular formula is C18H17N3O4S2. The fraction of sp³-hybridized carbons (Fsp3) is 0.222. The fourth-order valence-corrected chi connectivity index (χ4v) is 4.11. The normalized spacial score (nSPS) is 10.6. The van der Waals surface area contributed by atoms with Crippen LogP contribution in [0.4, 0.5) is 4.79 Å². The largest absolute Gasteiger partial charge is 0.451 e. The molecule has 0 bridgehead atoms. The number of esters is 1. The van der Waals surface area contributed by atoms with Crippen LogP contribution < -0.4 is 10.6 Å². The van der Waals surface area contributed by atoms with Crippen molar-refractivity contribution in [2.24, 2.45) is 0 Å². The van der Waals surface area contributed by atoms with Crippen molar-refractivity contribution in [3.8, 4) is 9.88 Å². The Morgan fingerprint density at radius 1 is 1.11 bits per heavy atom. The van der Waals surface area contributed by atoms with Gasteiger partial charge in [0.2, 0.25) is 0 Å². The van der Waals surface area contributed by atoms with E-state index in [1.807, 2.05) is 31.2 Å². The number of amides is 3. The number of hydrogen-bond donors (Lipinski definition) is 2. The van der Waals surface area contributed by atoms with Gasteiger partial charge >= 0.3 is 12.0 Å². The van der Waals surface area contributed by atoms with Gasteiger partial charge in [0, 0.05) is 6.54 Å². The number of aromatic nitrogens is 1. The predicted octanol–water partition coefficient (Wildman–Crippen LogP) is 3.42. The summed E-state index contributed by atoms with van der Waals surface area (Å²) in [5.41, 5.74) is 0.910. The Balaban J connectivity index is 1.57. The lowest BCUT2D eigenvalue weighted by Gasteiger charge is -2.05. The van der Waals surface area contributed by atoms with Crippen LogP contribution in [0.25, 0.3) is 20.1 Å². The molecule has 1 aromatic carbocycles. The number of carbonyl (C=O) groups excluding carboxylic acids is 3. The second-order valence-corrected chi connectivity index (χ2v) is 7.65. The van der Waals surface area contributed by atoms with Gasteiger partial charge in [0.1, 0.15) is 9.88 Å². The number of fused-ring (bicyclic) bond motifs is 1. The number of thiophene rings is 1. The molecule has 0 saturated carbocycles. The highest BCUT2D eigenvalue weighted by atomic mass is 32.1. The molecule has 0 fully saturated rings. The molecule has 140 valence electrons. The van der Waals surface area contributed by atoms with Gasteiger partial charge in [0.15, 0.2) is 6.61 Å². The summed E-state index contributed by atoms with van der Waals surface area (Å²) in [4.78, 5) is 40.9. The summed E-state index contributed by atoms with van der Waals surface area (Å²) in [6.45, 7) is 1.84. The van der Waals surface area contributed by atoms with Crippen molar-refractivity contribution in [2.75, 3.05) is 13.2 Å². The van der Waals surface area contributed by atoms with E-state index < -0.39 is 24.5 Å². The number of thiazole rings is 1. The molecule has 0 aliphatic carbocycles. The van der Waals surface area contributed by atoms with E-state index in [2.05, 4.69) is 15.6 Å². The minimum absolute atomic E-state index is 0.368. The molecule has 3 aromatic rings. The molecule has 0 radical (unpaired) electrons. The van der Waals surface area contributed by atoms with Crippen LogP contribution >= 0.6 is 22.7 Å². The molecule has 9 heteroatoms. The summed E-state index contributed by atoms with van der Waals surface area (Å²) in [5, 5.41) is 5.42. The molecule has 7 nitrogen and oxygen atoms in total. The predicted molar refractivity (Wildman–Crippen MR) is 105 cm³/mol. The number of rotatable bonds is 6. The van der Waals surface area contributed by atoms with E-state index in [1.54, 1.807) is 23.5 Å². The Morgan fingerprint density at radius 2 is 1.93 bits per heavy atom. The highest BCUT2D eigenvalue weighted by Crippen LogP contribution is 2.34. The van der Waals surface area contributed by atoms with Crippen LogP contribution in [-0.4, -0.2) is 36.0 Å². The molecule has 0 aliphatic heterocycles. The third kappa shape index (κ3) is 4.89. The minimum Gasteiger partial charge on any atom is -0.451 e. The van der Waals surface area contributed by atoms with Crippen molar-refractivity contribution in [1.29, 1.82) is 0 Å². The first-order valence-electron chi connectivity index (χ1n) is 8.27. The van der Waals surface area contributed by atoms with Crippen LogP contribution in [0.15, 0.2) is 36.4 Å². The molecule has 2 N–H and O–H groups in total. The lowest BCUT2D eigenvalue weighted by Crippen LogP contribution is -2.41. The van der Waals surface area contributed by atoms with E-state index in [1.165, 1.54) is 11.3 Å². The highest BCUT2D eigenvalue weighted by molar-refractivity contribution is 7.26. The molecule has 0 aliphatic rings. The number of nitrogens with one attached hydrogen (secondary N) is 2. The monoisotopic (exact) mass is 403 g/mol. The van der Waals surface area contributed by atoms with E-state index in [0.717, 1.165) is 26.5 Å². The number of benzene rings is 1. The number of imide groups is 1. The first-order valence-corrected chi connectivity index (χ1v) is 9.90. The molecule has 3 amide bonds. The van der Waals surface area contributed by atoms with Crippen LogP contribution in [0.5, 0.6) is 0 Å². The second kappa shape index (κ2) is 8.74. The number of ether oxygens (including phenoxy) is 1. The quantitative estimate of drug-likeness (QED) is 0.615. The number of carbonyl (C=O) groups is 3. The molecular weight excluding hydrogens is 386 g/mol. The van der Waals surface area contributed by atoms with E-state index in [-0.39, 0.29) is 0 Å². The van der Waals surface area contributed by atoms with Gasteiger partial charge in [-0.15, -0.1) is 22.7 Å². The first-order chi connectivity index (χ1) is 13.1. The van der Waals surface area contributed by atoms with Gasteiger partial charge < -0.3 is 10.1 Å². The SMILES string of the molecule is CCCNC(=O)NC(=O)COC(=O)c1ccc(-c2nc3ccccc3s2)s1. The molecule has 0 atom stereocenters. The summed E-state index contributed by atoms with van der Waals surface area (Å²) in [6, 6.07) is 10.7. The van der Waals surface area contributed by atoms with Crippen LogP contribution in [0.2, 0.25) is 0 Å². The Morgan fingerprint density at radius 3 is 2.70 bits per heavy atom. The Hall–Kier alpha value is -2.78. The average Bonchev–Trinajstić information content (AvgIpc) is 3.31. The van der Waals surface area contributed by atoms with Crippen LogP contribution in [0, 0.1) is 0 Å². The molecule has 2 heterocycles. The van der Waals surface area contributed by atoms with E-state index in [0.29, 0.717) is 11.4 Å². The fourth-order valence-electron chi connectivity index (χ4n) is 2.19. The highest BCUT2D eigenvalue weighted by Gasteiger charge is 2.16. The van der Waals surface area contributed by atoms with Gasteiger partial charge in [0.05, 0.1) is 15.1 Å². The molecule has 0 spiro atoms. The van der Waals surface area contributed by atoms with Gasteiger partial charge in [0.25, 0.3) is 5.91 Å². The van der Waals surface area contributed by atoms with E-state index in [4.69, 9.17) is 4.74 Å². The average molecular weight is 403 g/mol. The van der Waals surface area contributed by atoms with Crippen molar-refractivity contribution in [1.82, 2.24) is 15.6 Å². The maximum Gasteiger partial charge on any atom is 0.348 e. The van der Waals surface area contributed by atoms with Gasteiger partial charge in [-0.05, 0) is 30.7 Å². The smallest absolute Gasteiger partial charge is 0.348 e. The summed E-state index contributed by atoms with van der Waals surface area (Å²) in [7, 11) is 0. The lowest BCUT2D eigenvalue weighted by atomic mass is 10.3. The summed E-state index contributed by atoms with van der Waals surface area (Å²) < 4.78 is 6.04. The third-order valence-corrected chi connectivity index (χ3v) is 5.71. The van der Waals surface area contributed by atoms with Crippen LogP contribution in [0.1, 0.15) is 23.0 Å². The topological polar surface area (TPSA) is 97.4 Å². The zero-order valence-corrected chi connectivity index (χ0v) is 16.1. The number of nitrogens with zero attached hydrogens (tertiary/aromatic N) is 1. The van der Waals surface area contributed by atoms with Crippen molar-refractivity contribution in [2.45, 2.75) is 13.3 Å².